The minimum Gasteiger partial charge on any atom is -0.748 e. The number of hydrogen-bond donors (Lipinski definition) is 0. The van der Waals surface area contributed by atoms with Gasteiger partial charge in [0.05, 0.1) is 0 Å². The van der Waals surface area contributed by atoms with Crippen molar-refractivity contribution in [2.24, 2.45) is 0 Å². The van der Waals surface area contributed by atoms with Crippen LogP contribution in [-0.2, 0) is 17.1 Å². The summed E-state index contributed by atoms with van der Waals surface area (Å²) in [6.07, 6.45) is 0. The van der Waals surface area contributed by atoms with Crippen LogP contribution in [0.2, 0.25) is 0 Å². The third-order valence-corrected chi connectivity index (χ3v) is 1.11. The average Bonchev–Trinajstić information content (AvgIpc) is 2.67. The van der Waals surface area contributed by atoms with Gasteiger partial charge in [0.15, 0.2) is 0 Å². The van der Waals surface area contributed by atoms with E-state index in [-0.39, 0.29) is 60.7 Å². The van der Waals surface area contributed by atoms with Gasteiger partial charge in [-0.3, -0.25) is 0 Å². The molecule has 2 rings (SSSR count). The van der Waals surface area contributed by atoms with Crippen LogP contribution in [0.3, 0.4) is 0 Å². The van der Waals surface area contributed by atoms with Crippen LogP contribution in [0, 0.1) is 0 Å². The molecule has 0 fully saturated rings. The van der Waals surface area contributed by atoms with Crippen LogP contribution in [0.25, 0.3) is 0 Å². The summed E-state index contributed by atoms with van der Waals surface area (Å²) in [6.45, 7) is 0. The summed E-state index contributed by atoms with van der Waals surface area (Å²) >= 11 is 0. The Hall–Kier alpha value is 0.397. The number of hydrogen-bond acceptors (Lipinski definition) is 0. The molecule has 0 heterocycles. The molecular formula is C10H12Cl2FeLi-5. The Morgan fingerprint density at radius 3 is 1.07 bits per heavy atom. The molecule has 4 heteroatoms. The Morgan fingerprint density at radius 2 is 0.929 bits per heavy atom. The third-order valence-electron chi connectivity index (χ3n) is 1.11. The normalized spacial score (nSPS) is 5.71. The van der Waals surface area contributed by atoms with E-state index in [0.29, 0.717) is 0 Å². The summed E-state index contributed by atoms with van der Waals surface area (Å²) in [6, 6.07) is 20.0. The molecule has 0 aliphatic carbocycles. The maximum Gasteiger partial charge on any atom is 1.00 e. The molecule has 0 amide bonds. The van der Waals surface area contributed by atoms with E-state index < -0.39 is 0 Å². The van der Waals surface area contributed by atoms with Crippen molar-refractivity contribution in [1.29, 1.82) is 0 Å². The predicted molar refractivity (Wildman–Crippen MR) is 58.6 cm³/mol. The van der Waals surface area contributed by atoms with Gasteiger partial charge < -0.3 is 30.3 Å². The van der Waals surface area contributed by atoms with Crippen LogP contribution in [-0.4, -0.2) is 0 Å². The fourth-order valence-electron chi connectivity index (χ4n) is 0.642. The van der Waals surface area contributed by atoms with Crippen molar-refractivity contribution in [2.75, 3.05) is 0 Å². The maximum absolute atomic E-state index is 2.00. The Balaban J connectivity index is -0.0000000556. The standard InChI is InChI=1S/2C5H5.2ClH.Fe.Li/c2*1-2-4-5-3-1;;;;/h2*1-5H;2*1H;;/q-5;-1;;;;+1. The largest absolute Gasteiger partial charge is 1.00 e. The quantitative estimate of drug-likeness (QED) is 0.485. The molecule has 0 atom stereocenters. The summed E-state index contributed by atoms with van der Waals surface area (Å²) < 4.78 is 0. The van der Waals surface area contributed by atoms with Crippen molar-refractivity contribution in [3.05, 3.63) is 60.7 Å². The van der Waals surface area contributed by atoms with Gasteiger partial charge in [-0.1, -0.05) is 0 Å². The second-order valence-electron chi connectivity index (χ2n) is 1.92. The van der Waals surface area contributed by atoms with Crippen molar-refractivity contribution >= 4 is 24.8 Å². The monoisotopic (exact) mass is 265 g/mol. The van der Waals surface area contributed by atoms with E-state index in [1.807, 2.05) is 60.7 Å². The van der Waals surface area contributed by atoms with Gasteiger partial charge >= 0.3 is 18.9 Å². The van der Waals surface area contributed by atoms with Crippen molar-refractivity contribution in [3.63, 3.8) is 0 Å². The second-order valence-corrected chi connectivity index (χ2v) is 1.92. The first-order valence-electron chi connectivity index (χ1n) is 3.33. The van der Waals surface area contributed by atoms with Crippen LogP contribution in [0.15, 0.2) is 60.7 Å². The smallest absolute Gasteiger partial charge is 0.748 e. The van der Waals surface area contributed by atoms with Crippen molar-refractivity contribution < 1.29 is 35.9 Å². The molecule has 0 bridgehead atoms. The summed E-state index contributed by atoms with van der Waals surface area (Å²) in [7, 11) is 0. The van der Waals surface area contributed by atoms with Gasteiger partial charge in [-0.25, -0.2) is 12.1 Å². The minimum atomic E-state index is 0. The molecule has 0 radical (unpaired) electrons. The molecule has 0 aliphatic heterocycles. The van der Waals surface area contributed by atoms with Crippen molar-refractivity contribution in [3.8, 4) is 0 Å². The van der Waals surface area contributed by atoms with E-state index in [0.717, 1.165) is 0 Å². The Morgan fingerprint density at radius 1 is 0.643 bits per heavy atom. The molecule has 0 N–H and O–H groups in total. The second kappa shape index (κ2) is 19.0. The van der Waals surface area contributed by atoms with Crippen LogP contribution in [0.4, 0.5) is 0 Å². The Kier molecular flexibility index (Phi) is 32.5. The van der Waals surface area contributed by atoms with E-state index >= 15 is 0 Å². The van der Waals surface area contributed by atoms with Gasteiger partial charge in [-0.05, 0) is 0 Å². The number of halogens is 2. The van der Waals surface area contributed by atoms with E-state index in [1.165, 1.54) is 0 Å². The molecule has 2 aromatic rings. The molecule has 0 aliphatic rings. The van der Waals surface area contributed by atoms with E-state index in [2.05, 4.69) is 0 Å². The number of rotatable bonds is 0. The summed E-state index contributed by atoms with van der Waals surface area (Å²) in [4.78, 5) is 0. The van der Waals surface area contributed by atoms with Gasteiger partial charge in [-0.15, -0.1) is 24.8 Å². The fraction of sp³-hybridized carbons (Fsp3) is 0. The summed E-state index contributed by atoms with van der Waals surface area (Å²) in [5.41, 5.74) is 0. The summed E-state index contributed by atoms with van der Waals surface area (Å²) in [5.74, 6) is 0. The molecule has 0 nitrogen and oxygen atoms in total. The zero-order chi connectivity index (χ0) is 7.07. The Labute approximate surface area is 121 Å². The van der Waals surface area contributed by atoms with Crippen LogP contribution >= 0.6 is 24.8 Å². The molecule has 0 spiro atoms. The first-order chi connectivity index (χ1) is 5.00. The molecule has 14 heavy (non-hydrogen) atoms. The average molecular weight is 266 g/mol. The van der Waals surface area contributed by atoms with Crippen LogP contribution in [0.5, 0.6) is 0 Å². The van der Waals surface area contributed by atoms with Crippen LogP contribution < -0.4 is 18.9 Å². The summed E-state index contributed by atoms with van der Waals surface area (Å²) in [5, 5.41) is 0. The van der Waals surface area contributed by atoms with E-state index in [9.17, 15) is 0 Å². The molecule has 80 valence electrons. The Bertz CT molecular complexity index is 157. The van der Waals surface area contributed by atoms with E-state index in [1.54, 1.807) is 0 Å². The van der Waals surface area contributed by atoms with Crippen LogP contribution in [0.1, 0.15) is 0 Å². The molecule has 0 unspecified atom stereocenters. The SMILES string of the molecule is Cl.Cl.[Fe].[Li+].[cH-]1[cH-][cH-][cH-][cH-]1.c1cc[cH-]c1. The molecular weight excluding hydrogens is 254 g/mol. The first kappa shape index (κ1) is 23.9. The molecule has 0 aromatic heterocycles. The zero-order valence-corrected chi connectivity index (χ0v) is 10.7. The van der Waals surface area contributed by atoms with Gasteiger partial charge in [0.25, 0.3) is 0 Å². The molecule has 0 saturated carbocycles. The first-order valence-corrected chi connectivity index (χ1v) is 3.33. The van der Waals surface area contributed by atoms with Gasteiger partial charge in [0, 0.05) is 17.1 Å². The third kappa shape index (κ3) is 14.9. The van der Waals surface area contributed by atoms with Crippen molar-refractivity contribution in [2.45, 2.75) is 0 Å². The topological polar surface area (TPSA) is 0 Å². The maximum atomic E-state index is 2.00. The van der Waals surface area contributed by atoms with E-state index in [4.69, 9.17) is 0 Å². The molecule has 2 aromatic carbocycles. The predicted octanol–water partition coefficient (Wildman–Crippen LogP) is 0.656. The van der Waals surface area contributed by atoms with Crippen molar-refractivity contribution in [1.82, 2.24) is 0 Å². The van der Waals surface area contributed by atoms with Gasteiger partial charge in [0.2, 0.25) is 0 Å². The molecule has 0 saturated heterocycles. The van der Waals surface area contributed by atoms with Gasteiger partial charge in [-0.2, -0.15) is 18.2 Å². The van der Waals surface area contributed by atoms with Gasteiger partial charge in [0.1, 0.15) is 0 Å². The minimum absolute atomic E-state index is 0. The zero-order valence-electron chi connectivity index (χ0n) is 7.94. The fourth-order valence-corrected chi connectivity index (χ4v) is 0.642.